The number of rotatable bonds is 6. The Morgan fingerprint density at radius 3 is 2.68 bits per heavy atom. The maximum atomic E-state index is 12.4. The third-order valence-electron chi connectivity index (χ3n) is 4.75. The zero-order valence-electron chi connectivity index (χ0n) is 13.7. The molecule has 0 aromatic carbocycles. The molecular weight excluding hydrogens is 344 g/mol. The van der Waals surface area contributed by atoms with Gasteiger partial charge in [0.05, 0.1) is 18.5 Å². The van der Waals surface area contributed by atoms with Gasteiger partial charge in [-0.15, -0.1) is 0 Å². The standard InChI is InChI=1S/C16H20N4O4S/c21-25(22,14-8-19-24-10-14)20-5-3-12(4-6-20)9-23-16-7-15(13-1-2-13)17-11-18-16/h7-8,10-13H,1-6,9H2. The largest absolute Gasteiger partial charge is 0.477 e. The first-order valence-corrected chi connectivity index (χ1v) is 9.91. The van der Waals surface area contributed by atoms with E-state index in [0.29, 0.717) is 37.4 Å². The molecule has 25 heavy (non-hydrogen) atoms. The summed E-state index contributed by atoms with van der Waals surface area (Å²) < 4.78 is 36.8. The number of hydrogen-bond acceptors (Lipinski definition) is 7. The zero-order valence-corrected chi connectivity index (χ0v) is 14.6. The van der Waals surface area contributed by atoms with E-state index >= 15 is 0 Å². The fourth-order valence-corrected chi connectivity index (χ4v) is 4.36. The Morgan fingerprint density at radius 2 is 2.00 bits per heavy atom. The van der Waals surface area contributed by atoms with Crippen LogP contribution in [0.4, 0.5) is 0 Å². The monoisotopic (exact) mass is 364 g/mol. The molecular formula is C16H20N4O4S. The van der Waals surface area contributed by atoms with E-state index in [0.717, 1.165) is 24.8 Å². The summed E-state index contributed by atoms with van der Waals surface area (Å²) in [5.41, 5.74) is 1.06. The minimum absolute atomic E-state index is 0.107. The second kappa shape index (κ2) is 6.72. The van der Waals surface area contributed by atoms with E-state index in [2.05, 4.69) is 19.6 Å². The Morgan fingerprint density at radius 1 is 1.20 bits per heavy atom. The molecule has 4 rings (SSSR count). The zero-order chi connectivity index (χ0) is 17.3. The van der Waals surface area contributed by atoms with Crippen molar-refractivity contribution in [3.05, 3.63) is 30.5 Å². The average molecular weight is 364 g/mol. The van der Waals surface area contributed by atoms with Gasteiger partial charge in [-0.3, -0.25) is 0 Å². The molecule has 0 amide bonds. The molecule has 2 aromatic heterocycles. The van der Waals surface area contributed by atoms with Gasteiger partial charge < -0.3 is 9.26 Å². The quantitative estimate of drug-likeness (QED) is 0.771. The molecule has 8 nitrogen and oxygen atoms in total. The van der Waals surface area contributed by atoms with Gasteiger partial charge in [0, 0.05) is 25.1 Å². The maximum absolute atomic E-state index is 12.4. The lowest BCUT2D eigenvalue weighted by Crippen LogP contribution is -2.39. The van der Waals surface area contributed by atoms with Crippen molar-refractivity contribution in [2.75, 3.05) is 19.7 Å². The van der Waals surface area contributed by atoms with Crippen molar-refractivity contribution in [1.82, 2.24) is 19.4 Å². The van der Waals surface area contributed by atoms with Crippen molar-refractivity contribution >= 4 is 10.0 Å². The Labute approximate surface area is 146 Å². The molecule has 2 aliphatic rings. The third kappa shape index (κ3) is 3.67. The van der Waals surface area contributed by atoms with Crippen LogP contribution >= 0.6 is 0 Å². The predicted octanol–water partition coefficient (Wildman–Crippen LogP) is 1.82. The summed E-state index contributed by atoms with van der Waals surface area (Å²) in [5.74, 6) is 1.49. The molecule has 0 spiro atoms. The van der Waals surface area contributed by atoms with Gasteiger partial charge in [0.1, 0.15) is 17.5 Å². The third-order valence-corrected chi connectivity index (χ3v) is 6.59. The lowest BCUT2D eigenvalue weighted by molar-refractivity contribution is 0.180. The highest BCUT2D eigenvalue weighted by Crippen LogP contribution is 2.39. The lowest BCUT2D eigenvalue weighted by Gasteiger charge is -2.30. The second-order valence-corrected chi connectivity index (χ2v) is 8.51. The number of aromatic nitrogens is 3. The minimum atomic E-state index is -3.50. The number of sulfonamides is 1. The Balaban J connectivity index is 1.30. The number of piperidine rings is 1. The van der Waals surface area contributed by atoms with E-state index in [4.69, 9.17) is 4.74 Å². The van der Waals surface area contributed by atoms with E-state index < -0.39 is 10.0 Å². The Bertz CT molecular complexity index is 812. The summed E-state index contributed by atoms with van der Waals surface area (Å²) >= 11 is 0. The minimum Gasteiger partial charge on any atom is -0.477 e. The lowest BCUT2D eigenvalue weighted by atomic mass is 9.99. The summed E-state index contributed by atoms with van der Waals surface area (Å²) in [6.07, 6.45) is 7.84. The van der Waals surface area contributed by atoms with Gasteiger partial charge >= 0.3 is 0 Å². The Kier molecular flexibility index (Phi) is 4.43. The molecule has 1 saturated carbocycles. The van der Waals surface area contributed by atoms with E-state index in [1.54, 1.807) is 6.33 Å². The van der Waals surface area contributed by atoms with Crippen LogP contribution in [0.15, 0.2) is 34.3 Å². The van der Waals surface area contributed by atoms with Crippen molar-refractivity contribution in [3.8, 4) is 5.88 Å². The summed E-state index contributed by atoms with van der Waals surface area (Å²) in [6.45, 7) is 1.49. The van der Waals surface area contributed by atoms with Crippen LogP contribution in [0.25, 0.3) is 0 Å². The number of hydrogen-bond donors (Lipinski definition) is 0. The summed E-state index contributed by atoms with van der Waals surface area (Å²) in [5, 5.41) is 3.47. The van der Waals surface area contributed by atoms with Crippen LogP contribution in [0, 0.1) is 5.92 Å². The van der Waals surface area contributed by atoms with Crippen molar-refractivity contribution < 1.29 is 17.7 Å². The summed E-state index contributed by atoms with van der Waals surface area (Å²) in [7, 11) is -3.50. The van der Waals surface area contributed by atoms with Gasteiger partial charge in [-0.25, -0.2) is 18.4 Å². The number of ether oxygens (including phenoxy) is 1. The van der Waals surface area contributed by atoms with Crippen molar-refractivity contribution in [2.45, 2.75) is 36.5 Å². The molecule has 0 bridgehead atoms. The molecule has 0 unspecified atom stereocenters. The van der Waals surface area contributed by atoms with Crippen molar-refractivity contribution in [1.29, 1.82) is 0 Å². The Hall–Kier alpha value is -2.00. The van der Waals surface area contributed by atoms with Gasteiger partial charge in [0.25, 0.3) is 0 Å². The number of nitrogens with zero attached hydrogens (tertiary/aromatic N) is 4. The van der Waals surface area contributed by atoms with Gasteiger partial charge in [0.15, 0.2) is 0 Å². The highest BCUT2D eigenvalue weighted by Gasteiger charge is 2.31. The molecule has 1 aliphatic heterocycles. The van der Waals surface area contributed by atoms with Crippen LogP contribution in [0.2, 0.25) is 0 Å². The molecule has 2 aromatic rings. The van der Waals surface area contributed by atoms with Crippen LogP contribution in [0.3, 0.4) is 0 Å². The van der Waals surface area contributed by atoms with Gasteiger partial charge in [-0.05, 0) is 31.6 Å². The van der Waals surface area contributed by atoms with E-state index in [9.17, 15) is 8.42 Å². The fourth-order valence-electron chi connectivity index (χ4n) is 3.03. The van der Waals surface area contributed by atoms with Crippen LogP contribution < -0.4 is 4.74 Å². The smallest absolute Gasteiger partial charge is 0.247 e. The molecule has 0 N–H and O–H groups in total. The molecule has 1 saturated heterocycles. The normalized spacial score (nSPS) is 19.8. The van der Waals surface area contributed by atoms with Crippen LogP contribution in [0.5, 0.6) is 5.88 Å². The average Bonchev–Trinajstić information content (AvgIpc) is 3.34. The highest BCUT2D eigenvalue weighted by atomic mass is 32.2. The van der Waals surface area contributed by atoms with Gasteiger partial charge in [-0.2, -0.15) is 4.31 Å². The molecule has 1 aliphatic carbocycles. The molecule has 3 heterocycles. The molecule has 0 atom stereocenters. The molecule has 2 fully saturated rings. The predicted molar refractivity (Wildman–Crippen MR) is 87.5 cm³/mol. The van der Waals surface area contributed by atoms with Crippen molar-refractivity contribution in [2.24, 2.45) is 5.92 Å². The van der Waals surface area contributed by atoms with Crippen LogP contribution in [-0.2, 0) is 10.0 Å². The molecule has 0 radical (unpaired) electrons. The van der Waals surface area contributed by atoms with Gasteiger partial charge in [0.2, 0.25) is 15.9 Å². The van der Waals surface area contributed by atoms with Crippen LogP contribution in [0.1, 0.15) is 37.3 Å². The summed E-state index contributed by atoms with van der Waals surface area (Å²) in [4.78, 5) is 8.55. The van der Waals surface area contributed by atoms with E-state index in [1.165, 1.54) is 23.3 Å². The van der Waals surface area contributed by atoms with E-state index in [1.807, 2.05) is 6.07 Å². The highest BCUT2D eigenvalue weighted by molar-refractivity contribution is 7.89. The van der Waals surface area contributed by atoms with Crippen molar-refractivity contribution in [3.63, 3.8) is 0 Å². The second-order valence-electron chi connectivity index (χ2n) is 6.57. The maximum Gasteiger partial charge on any atom is 0.247 e. The van der Waals surface area contributed by atoms with Gasteiger partial charge in [-0.1, -0.05) is 5.16 Å². The molecule has 9 heteroatoms. The first-order chi connectivity index (χ1) is 12.1. The fraction of sp³-hybridized carbons (Fsp3) is 0.562. The first-order valence-electron chi connectivity index (χ1n) is 8.47. The molecule has 134 valence electrons. The topological polar surface area (TPSA) is 98.4 Å². The summed E-state index contributed by atoms with van der Waals surface area (Å²) in [6, 6.07) is 1.92. The van der Waals surface area contributed by atoms with Crippen LogP contribution in [-0.4, -0.2) is 47.5 Å². The first kappa shape index (κ1) is 16.5. The SMILES string of the molecule is O=S(=O)(c1cnoc1)N1CCC(COc2cc(C3CC3)ncn2)CC1. The van der Waals surface area contributed by atoms with E-state index in [-0.39, 0.29) is 4.90 Å².